The van der Waals surface area contributed by atoms with Gasteiger partial charge in [0.25, 0.3) is 5.69 Å². The summed E-state index contributed by atoms with van der Waals surface area (Å²) in [7, 11) is 0. The molecule has 0 aliphatic carbocycles. The Balaban J connectivity index is 1.83. The van der Waals surface area contributed by atoms with Crippen LogP contribution in [0.2, 0.25) is 0 Å². The highest BCUT2D eigenvalue weighted by Gasteiger charge is 2.06. The smallest absolute Gasteiger partial charge is 0.269 e. The van der Waals surface area contributed by atoms with Crippen molar-refractivity contribution < 1.29 is 4.92 Å². The molecular formula is C16H17BrN2O2. The number of benzene rings is 2. The van der Waals surface area contributed by atoms with Gasteiger partial charge in [0.15, 0.2) is 0 Å². The Kier molecular flexibility index (Phi) is 5.47. The van der Waals surface area contributed by atoms with Crippen LogP contribution in [0.5, 0.6) is 0 Å². The lowest BCUT2D eigenvalue weighted by Crippen LogP contribution is -2.21. The number of hydrogen-bond acceptors (Lipinski definition) is 3. The molecule has 5 heteroatoms. The Morgan fingerprint density at radius 3 is 2.33 bits per heavy atom. The molecule has 1 N–H and O–H groups in total. The van der Waals surface area contributed by atoms with Crippen molar-refractivity contribution in [3.8, 4) is 0 Å². The summed E-state index contributed by atoms with van der Waals surface area (Å²) in [5, 5.41) is 14.0. The number of nitrogens with one attached hydrogen (secondary N) is 1. The monoisotopic (exact) mass is 348 g/mol. The van der Waals surface area contributed by atoms with E-state index in [-0.39, 0.29) is 16.7 Å². The minimum absolute atomic E-state index is 0.134. The van der Waals surface area contributed by atoms with Crippen molar-refractivity contribution in [1.82, 2.24) is 5.32 Å². The molecule has 21 heavy (non-hydrogen) atoms. The van der Waals surface area contributed by atoms with Gasteiger partial charge < -0.3 is 5.32 Å². The van der Waals surface area contributed by atoms with Crippen molar-refractivity contribution in [3.63, 3.8) is 0 Å². The molecule has 0 aliphatic rings. The van der Waals surface area contributed by atoms with Gasteiger partial charge in [-0.1, -0.05) is 40.2 Å². The highest BCUT2D eigenvalue weighted by molar-refractivity contribution is 9.10. The van der Waals surface area contributed by atoms with Gasteiger partial charge >= 0.3 is 0 Å². The van der Waals surface area contributed by atoms with Crippen molar-refractivity contribution in [2.24, 2.45) is 0 Å². The maximum Gasteiger partial charge on any atom is 0.269 e. The molecule has 4 nitrogen and oxygen atoms in total. The predicted octanol–water partition coefficient (Wildman–Crippen LogP) is 4.25. The topological polar surface area (TPSA) is 55.2 Å². The van der Waals surface area contributed by atoms with Crippen molar-refractivity contribution in [1.29, 1.82) is 0 Å². The largest absolute Gasteiger partial charge is 0.310 e. The van der Waals surface area contributed by atoms with Gasteiger partial charge in [0, 0.05) is 22.6 Å². The summed E-state index contributed by atoms with van der Waals surface area (Å²) in [6.07, 6.45) is 0.846. The van der Waals surface area contributed by atoms with E-state index in [0.29, 0.717) is 0 Å². The molecule has 0 spiro atoms. The van der Waals surface area contributed by atoms with Crippen molar-refractivity contribution in [2.75, 3.05) is 6.54 Å². The number of halogens is 1. The van der Waals surface area contributed by atoms with E-state index in [1.54, 1.807) is 12.1 Å². The summed E-state index contributed by atoms with van der Waals surface area (Å²) >= 11 is 3.43. The summed E-state index contributed by atoms with van der Waals surface area (Å²) in [5.41, 5.74) is 2.47. The van der Waals surface area contributed by atoms with Crippen LogP contribution in [-0.2, 0) is 6.42 Å². The minimum Gasteiger partial charge on any atom is -0.310 e. The second-order valence-electron chi connectivity index (χ2n) is 4.90. The molecule has 0 radical (unpaired) electrons. The second-order valence-corrected chi connectivity index (χ2v) is 5.82. The van der Waals surface area contributed by atoms with E-state index in [4.69, 9.17) is 0 Å². The van der Waals surface area contributed by atoms with Gasteiger partial charge in [0.2, 0.25) is 0 Å². The highest BCUT2D eigenvalue weighted by Crippen LogP contribution is 2.17. The normalized spacial score (nSPS) is 12.1. The number of hydrogen-bond donors (Lipinski definition) is 1. The number of rotatable bonds is 6. The lowest BCUT2D eigenvalue weighted by atomic mass is 10.1. The molecule has 0 saturated heterocycles. The number of nitro benzene ring substituents is 1. The molecule has 0 fully saturated rings. The zero-order chi connectivity index (χ0) is 15.2. The maximum atomic E-state index is 10.6. The summed E-state index contributed by atoms with van der Waals surface area (Å²) < 4.78 is 1.07. The van der Waals surface area contributed by atoms with E-state index >= 15 is 0 Å². The van der Waals surface area contributed by atoms with Gasteiger partial charge in [-0.25, -0.2) is 0 Å². The van der Waals surface area contributed by atoms with Crippen LogP contribution in [-0.4, -0.2) is 11.5 Å². The predicted molar refractivity (Wildman–Crippen MR) is 87.4 cm³/mol. The number of nitro groups is 1. The zero-order valence-corrected chi connectivity index (χ0v) is 13.3. The van der Waals surface area contributed by atoms with E-state index in [2.05, 4.69) is 40.3 Å². The Hall–Kier alpha value is -1.72. The Labute approximate surface area is 132 Å². The molecular weight excluding hydrogens is 332 g/mol. The average Bonchev–Trinajstić information content (AvgIpc) is 2.48. The van der Waals surface area contributed by atoms with E-state index < -0.39 is 0 Å². The fraction of sp³-hybridized carbons (Fsp3) is 0.250. The van der Waals surface area contributed by atoms with Gasteiger partial charge in [-0.05, 0) is 43.1 Å². The number of nitrogens with zero attached hydrogens (tertiary/aromatic N) is 1. The lowest BCUT2D eigenvalue weighted by molar-refractivity contribution is -0.384. The molecule has 110 valence electrons. The van der Waals surface area contributed by atoms with Gasteiger partial charge in [-0.3, -0.25) is 10.1 Å². The zero-order valence-electron chi connectivity index (χ0n) is 11.8. The quantitative estimate of drug-likeness (QED) is 0.627. The van der Waals surface area contributed by atoms with E-state index in [9.17, 15) is 10.1 Å². The third-order valence-electron chi connectivity index (χ3n) is 3.38. The van der Waals surface area contributed by atoms with Gasteiger partial charge in [-0.15, -0.1) is 0 Å². The molecule has 0 bridgehead atoms. The first-order valence-corrected chi connectivity index (χ1v) is 7.58. The maximum absolute atomic E-state index is 10.6. The Morgan fingerprint density at radius 2 is 1.76 bits per heavy atom. The third-order valence-corrected chi connectivity index (χ3v) is 3.91. The second kappa shape index (κ2) is 7.33. The molecule has 2 aromatic carbocycles. The molecule has 2 rings (SSSR count). The fourth-order valence-corrected chi connectivity index (χ4v) is 2.35. The lowest BCUT2D eigenvalue weighted by Gasteiger charge is -2.14. The summed E-state index contributed by atoms with van der Waals surface area (Å²) in [4.78, 5) is 10.2. The van der Waals surface area contributed by atoms with Crippen LogP contribution in [0.4, 0.5) is 5.69 Å². The van der Waals surface area contributed by atoms with E-state index in [1.807, 2.05) is 24.3 Å². The van der Waals surface area contributed by atoms with E-state index in [0.717, 1.165) is 23.0 Å². The molecule has 0 unspecified atom stereocenters. The third kappa shape index (κ3) is 4.65. The molecule has 1 atom stereocenters. The molecule has 0 heterocycles. The number of non-ortho nitro benzene ring substituents is 1. The Morgan fingerprint density at radius 1 is 1.14 bits per heavy atom. The molecule has 0 aromatic heterocycles. The van der Waals surface area contributed by atoms with Crippen molar-refractivity contribution in [2.45, 2.75) is 19.4 Å². The standard InChI is InChI=1S/C16H17BrN2O2/c1-12(14-4-6-15(17)7-5-14)18-11-10-13-2-8-16(9-3-13)19(20)21/h2-9,12,18H,10-11H2,1H3/t12-/m0/s1. The Bertz CT molecular complexity index is 597. The summed E-state index contributed by atoms with van der Waals surface area (Å²) in [5.74, 6) is 0. The SMILES string of the molecule is C[C@H](NCCc1ccc([N+](=O)[O-])cc1)c1ccc(Br)cc1. The van der Waals surface area contributed by atoms with Crippen LogP contribution in [0, 0.1) is 10.1 Å². The van der Waals surface area contributed by atoms with Crippen molar-refractivity contribution >= 4 is 21.6 Å². The first kappa shape index (κ1) is 15.7. The molecule has 2 aromatic rings. The molecule has 0 amide bonds. The summed E-state index contributed by atoms with van der Waals surface area (Å²) in [6.45, 7) is 2.95. The first-order valence-electron chi connectivity index (χ1n) is 6.78. The van der Waals surface area contributed by atoms with Crippen LogP contribution in [0.25, 0.3) is 0 Å². The van der Waals surface area contributed by atoms with Crippen LogP contribution in [0.15, 0.2) is 53.0 Å². The van der Waals surface area contributed by atoms with Crippen LogP contribution >= 0.6 is 15.9 Å². The van der Waals surface area contributed by atoms with Gasteiger partial charge in [0.05, 0.1) is 4.92 Å². The van der Waals surface area contributed by atoms with Crippen molar-refractivity contribution in [3.05, 3.63) is 74.2 Å². The molecule has 0 aliphatic heterocycles. The molecule has 0 saturated carbocycles. The highest BCUT2D eigenvalue weighted by atomic mass is 79.9. The minimum atomic E-state index is -0.377. The summed E-state index contributed by atoms with van der Waals surface area (Å²) in [6, 6.07) is 15.2. The van der Waals surface area contributed by atoms with Crippen LogP contribution < -0.4 is 5.32 Å². The van der Waals surface area contributed by atoms with Gasteiger partial charge in [-0.2, -0.15) is 0 Å². The van der Waals surface area contributed by atoms with Crippen LogP contribution in [0.1, 0.15) is 24.1 Å². The van der Waals surface area contributed by atoms with E-state index in [1.165, 1.54) is 5.56 Å². The van der Waals surface area contributed by atoms with Crippen LogP contribution in [0.3, 0.4) is 0 Å². The van der Waals surface area contributed by atoms with Gasteiger partial charge in [0.1, 0.15) is 0 Å². The first-order chi connectivity index (χ1) is 10.1. The average molecular weight is 349 g/mol. The fourth-order valence-electron chi connectivity index (χ4n) is 2.09.